The Kier molecular flexibility index (Phi) is 3.04. The number of rotatable bonds is 3. The van der Waals surface area contributed by atoms with Gasteiger partial charge in [-0.2, -0.15) is 4.98 Å². The van der Waals surface area contributed by atoms with Gasteiger partial charge in [-0.05, 0) is 12.1 Å². The van der Waals surface area contributed by atoms with Crippen LogP contribution in [0.2, 0.25) is 0 Å². The Bertz CT molecular complexity index is 681. The summed E-state index contributed by atoms with van der Waals surface area (Å²) in [6.07, 6.45) is 1.03. The number of hydrogen-bond acceptors (Lipinski definition) is 6. The van der Waals surface area contributed by atoms with Gasteiger partial charge >= 0.3 is 0 Å². The first-order chi connectivity index (χ1) is 8.35. The first-order valence-electron chi connectivity index (χ1n) is 4.84. The molecule has 96 valence electrons. The van der Waals surface area contributed by atoms with Crippen LogP contribution in [0.3, 0.4) is 0 Å². The highest BCUT2D eigenvalue weighted by molar-refractivity contribution is 7.89. The van der Waals surface area contributed by atoms with Gasteiger partial charge in [0, 0.05) is 12.3 Å². The summed E-state index contributed by atoms with van der Waals surface area (Å²) in [5, 5.41) is 12.5. The summed E-state index contributed by atoms with van der Waals surface area (Å²) < 4.78 is 40.3. The zero-order valence-electron chi connectivity index (χ0n) is 9.29. The van der Waals surface area contributed by atoms with Crippen LogP contribution < -0.4 is 0 Å². The molecule has 0 bridgehead atoms. The molecule has 18 heavy (non-hydrogen) atoms. The molecular weight excluding hydrogens is 263 g/mol. The zero-order valence-corrected chi connectivity index (χ0v) is 10.1. The normalized spacial score (nSPS) is 11.7. The fourth-order valence-corrected chi connectivity index (χ4v) is 1.92. The standard InChI is InChI=1S/C10H9FN2O4S/c1-18(15,16)5-9-12-10(17-13-9)7-3-2-6(14)4-8(7)11/h2-4,14H,5H2,1H3. The molecule has 6 nitrogen and oxygen atoms in total. The Morgan fingerprint density at radius 3 is 2.78 bits per heavy atom. The Morgan fingerprint density at radius 1 is 1.44 bits per heavy atom. The van der Waals surface area contributed by atoms with Gasteiger partial charge in [-0.25, -0.2) is 12.8 Å². The van der Waals surface area contributed by atoms with Crippen molar-refractivity contribution < 1.29 is 22.4 Å². The molecule has 1 aromatic carbocycles. The van der Waals surface area contributed by atoms with E-state index in [-0.39, 0.29) is 28.8 Å². The smallest absolute Gasteiger partial charge is 0.260 e. The van der Waals surface area contributed by atoms with Crippen molar-refractivity contribution in [3.63, 3.8) is 0 Å². The number of aromatic nitrogens is 2. The highest BCUT2D eigenvalue weighted by Gasteiger charge is 2.16. The third-order valence-corrected chi connectivity index (χ3v) is 2.83. The molecule has 8 heteroatoms. The Morgan fingerprint density at radius 2 is 2.17 bits per heavy atom. The lowest BCUT2D eigenvalue weighted by Gasteiger charge is -1.97. The van der Waals surface area contributed by atoms with Gasteiger partial charge < -0.3 is 9.63 Å². The molecule has 2 rings (SSSR count). The van der Waals surface area contributed by atoms with E-state index in [1.54, 1.807) is 0 Å². The number of aromatic hydroxyl groups is 1. The van der Waals surface area contributed by atoms with Gasteiger partial charge in [0.15, 0.2) is 15.7 Å². The second-order valence-corrected chi connectivity index (χ2v) is 5.89. The Balaban J connectivity index is 2.35. The van der Waals surface area contributed by atoms with Crippen LogP contribution in [0.15, 0.2) is 22.7 Å². The number of benzene rings is 1. The number of phenols is 1. The minimum Gasteiger partial charge on any atom is -0.508 e. The number of phenolic OH excluding ortho intramolecular Hbond substituents is 1. The maximum atomic E-state index is 13.5. The lowest BCUT2D eigenvalue weighted by atomic mass is 10.2. The highest BCUT2D eigenvalue weighted by atomic mass is 32.2. The van der Waals surface area contributed by atoms with Gasteiger partial charge in [0.25, 0.3) is 5.89 Å². The summed E-state index contributed by atoms with van der Waals surface area (Å²) in [6.45, 7) is 0. The van der Waals surface area contributed by atoms with Gasteiger partial charge in [0.1, 0.15) is 17.3 Å². The summed E-state index contributed by atoms with van der Waals surface area (Å²) in [6, 6.07) is 3.43. The van der Waals surface area contributed by atoms with Gasteiger partial charge in [-0.1, -0.05) is 5.16 Å². The van der Waals surface area contributed by atoms with E-state index >= 15 is 0 Å². The average molecular weight is 272 g/mol. The predicted molar refractivity (Wildman–Crippen MR) is 59.9 cm³/mol. The van der Waals surface area contributed by atoms with E-state index in [1.807, 2.05) is 0 Å². The molecule has 0 spiro atoms. The van der Waals surface area contributed by atoms with Crippen molar-refractivity contribution in [3.05, 3.63) is 29.8 Å². The Hall–Kier alpha value is -1.96. The van der Waals surface area contributed by atoms with Crippen LogP contribution in [0.5, 0.6) is 5.75 Å². The quantitative estimate of drug-likeness (QED) is 0.900. The molecule has 0 aliphatic rings. The maximum absolute atomic E-state index is 13.5. The van der Waals surface area contributed by atoms with Crippen LogP contribution in [-0.4, -0.2) is 29.9 Å². The van der Waals surface area contributed by atoms with Crippen molar-refractivity contribution in [1.82, 2.24) is 10.1 Å². The van der Waals surface area contributed by atoms with Crippen molar-refractivity contribution >= 4 is 9.84 Å². The van der Waals surface area contributed by atoms with E-state index in [0.717, 1.165) is 12.3 Å². The van der Waals surface area contributed by atoms with Crippen molar-refractivity contribution in [2.45, 2.75) is 5.75 Å². The lowest BCUT2D eigenvalue weighted by Crippen LogP contribution is -2.02. The molecule has 1 heterocycles. The molecule has 2 aromatic rings. The number of sulfone groups is 1. The van der Waals surface area contributed by atoms with Crippen LogP contribution in [-0.2, 0) is 15.6 Å². The fourth-order valence-electron chi connectivity index (χ4n) is 1.33. The summed E-state index contributed by atoms with van der Waals surface area (Å²) >= 11 is 0. The first-order valence-corrected chi connectivity index (χ1v) is 6.90. The minimum absolute atomic E-state index is 0.0000472. The molecule has 0 saturated carbocycles. The second-order valence-electron chi connectivity index (χ2n) is 3.75. The summed E-state index contributed by atoms with van der Waals surface area (Å²) in [5.74, 6) is -1.52. The number of hydrogen-bond donors (Lipinski definition) is 1. The largest absolute Gasteiger partial charge is 0.508 e. The van der Waals surface area contributed by atoms with Crippen molar-refractivity contribution in [2.24, 2.45) is 0 Å². The fraction of sp³-hybridized carbons (Fsp3) is 0.200. The SMILES string of the molecule is CS(=O)(=O)Cc1noc(-c2ccc(O)cc2F)n1. The van der Waals surface area contributed by atoms with Gasteiger partial charge in [0.2, 0.25) is 0 Å². The van der Waals surface area contributed by atoms with Gasteiger partial charge in [-0.3, -0.25) is 0 Å². The van der Waals surface area contributed by atoms with E-state index in [4.69, 9.17) is 9.63 Å². The van der Waals surface area contributed by atoms with Crippen molar-refractivity contribution in [2.75, 3.05) is 6.26 Å². The molecular formula is C10H9FN2O4S. The predicted octanol–water partition coefficient (Wildman–Crippen LogP) is 1.13. The molecule has 0 unspecified atom stereocenters. The van der Waals surface area contributed by atoms with Crippen molar-refractivity contribution in [3.8, 4) is 17.2 Å². The molecule has 0 amide bonds. The summed E-state index contributed by atoms with van der Waals surface area (Å²) in [5.41, 5.74) is 0.0000472. The number of halogens is 1. The molecule has 0 radical (unpaired) electrons. The summed E-state index contributed by atoms with van der Waals surface area (Å²) in [7, 11) is -3.28. The van der Waals surface area contributed by atoms with Gasteiger partial charge in [-0.15, -0.1) is 0 Å². The molecule has 0 aliphatic carbocycles. The highest BCUT2D eigenvalue weighted by Crippen LogP contribution is 2.24. The van der Waals surface area contributed by atoms with E-state index in [1.165, 1.54) is 12.1 Å². The van der Waals surface area contributed by atoms with Crippen LogP contribution in [0.25, 0.3) is 11.5 Å². The Labute approximate surface area is 102 Å². The molecule has 0 fully saturated rings. The monoisotopic (exact) mass is 272 g/mol. The van der Waals surface area contributed by atoms with Crippen molar-refractivity contribution in [1.29, 1.82) is 0 Å². The topological polar surface area (TPSA) is 93.3 Å². The first kappa shape index (κ1) is 12.5. The van der Waals surface area contributed by atoms with E-state index < -0.39 is 15.7 Å². The van der Waals surface area contributed by atoms with Crippen LogP contribution in [0.4, 0.5) is 4.39 Å². The third kappa shape index (κ3) is 2.83. The van der Waals surface area contributed by atoms with E-state index in [0.29, 0.717) is 0 Å². The maximum Gasteiger partial charge on any atom is 0.260 e. The molecule has 0 aliphatic heterocycles. The van der Waals surface area contributed by atoms with Crippen LogP contribution >= 0.6 is 0 Å². The average Bonchev–Trinajstić information content (AvgIpc) is 2.63. The molecule has 0 saturated heterocycles. The van der Waals surface area contributed by atoms with E-state index in [2.05, 4.69) is 10.1 Å². The molecule has 0 atom stereocenters. The van der Waals surface area contributed by atoms with E-state index in [9.17, 15) is 12.8 Å². The lowest BCUT2D eigenvalue weighted by molar-refractivity contribution is 0.421. The summed E-state index contributed by atoms with van der Waals surface area (Å²) in [4.78, 5) is 3.78. The second kappa shape index (κ2) is 4.37. The molecule has 1 aromatic heterocycles. The zero-order chi connectivity index (χ0) is 13.3. The minimum atomic E-state index is -3.28. The van der Waals surface area contributed by atoms with Crippen LogP contribution in [0.1, 0.15) is 5.82 Å². The third-order valence-electron chi connectivity index (χ3n) is 2.04. The van der Waals surface area contributed by atoms with Gasteiger partial charge in [0.05, 0.1) is 5.56 Å². The number of nitrogens with zero attached hydrogens (tertiary/aromatic N) is 2. The molecule has 1 N–H and O–H groups in total. The van der Waals surface area contributed by atoms with Crippen LogP contribution in [0, 0.1) is 5.82 Å².